The Bertz CT molecular complexity index is 961. The molecule has 5 rings (SSSR count). The summed E-state index contributed by atoms with van der Waals surface area (Å²) >= 11 is 6.02. The van der Waals surface area contributed by atoms with E-state index in [2.05, 4.69) is 34.6 Å². The van der Waals surface area contributed by atoms with E-state index >= 15 is 0 Å². The predicted molar refractivity (Wildman–Crippen MR) is 95.7 cm³/mol. The molecule has 1 heterocycles. The van der Waals surface area contributed by atoms with Crippen LogP contribution >= 0.6 is 11.6 Å². The largest absolute Gasteiger partial charge is 0.351 e. The van der Waals surface area contributed by atoms with E-state index in [0.717, 1.165) is 23.7 Å². The molecule has 2 bridgehead atoms. The lowest BCUT2D eigenvalue weighted by Crippen LogP contribution is -2.37. The number of fused-ring (bicyclic) bond motifs is 6. The molecule has 2 N–H and O–H groups in total. The first kappa shape index (κ1) is 14.1. The van der Waals surface area contributed by atoms with Gasteiger partial charge in [-0.3, -0.25) is 4.79 Å². The number of carbonyl (C=O) groups is 1. The highest BCUT2D eigenvalue weighted by Gasteiger charge is 2.44. The second-order valence-corrected chi connectivity index (χ2v) is 7.33. The summed E-state index contributed by atoms with van der Waals surface area (Å²) in [6.45, 7) is 0. The van der Waals surface area contributed by atoms with E-state index < -0.39 is 0 Å². The highest BCUT2D eigenvalue weighted by Crippen LogP contribution is 2.52. The van der Waals surface area contributed by atoms with Crippen LogP contribution in [0.15, 0.2) is 48.5 Å². The van der Waals surface area contributed by atoms with Crippen LogP contribution in [0.3, 0.4) is 0 Å². The summed E-state index contributed by atoms with van der Waals surface area (Å²) in [5, 5.41) is 4.88. The minimum atomic E-state index is -0.0302. The number of hydrogen-bond donors (Lipinski definition) is 2. The van der Waals surface area contributed by atoms with Crippen LogP contribution in [0.2, 0.25) is 5.02 Å². The van der Waals surface area contributed by atoms with Gasteiger partial charge in [0, 0.05) is 27.9 Å². The van der Waals surface area contributed by atoms with Crippen LogP contribution in [-0.2, 0) is 0 Å². The van der Waals surface area contributed by atoms with Gasteiger partial charge < -0.3 is 10.3 Å². The molecule has 3 atom stereocenters. The molecule has 2 aliphatic carbocycles. The van der Waals surface area contributed by atoms with Crippen molar-refractivity contribution in [2.45, 2.75) is 30.7 Å². The summed E-state index contributed by atoms with van der Waals surface area (Å²) in [5.41, 5.74) is 4.43. The van der Waals surface area contributed by atoms with Crippen LogP contribution in [0, 0.1) is 0 Å². The molecule has 4 heteroatoms. The number of H-pyrrole nitrogens is 1. The topological polar surface area (TPSA) is 44.9 Å². The van der Waals surface area contributed by atoms with Crippen molar-refractivity contribution in [1.29, 1.82) is 0 Å². The van der Waals surface area contributed by atoms with Crippen LogP contribution < -0.4 is 5.32 Å². The summed E-state index contributed by atoms with van der Waals surface area (Å²) < 4.78 is 0. The molecule has 24 heavy (non-hydrogen) atoms. The summed E-state index contributed by atoms with van der Waals surface area (Å²) in [4.78, 5) is 15.9. The van der Waals surface area contributed by atoms with Crippen molar-refractivity contribution < 1.29 is 4.79 Å². The average molecular weight is 337 g/mol. The summed E-state index contributed by atoms with van der Waals surface area (Å²) in [5.74, 6) is 1.02. The molecular formula is C20H17ClN2O. The van der Waals surface area contributed by atoms with Crippen LogP contribution in [0.25, 0.3) is 10.9 Å². The SMILES string of the molecule is O=C(NC1CC2CC1c1ccccc12)c1cc2cc(Cl)ccc2[nH]1. The summed E-state index contributed by atoms with van der Waals surface area (Å²) in [6.07, 6.45) is 2.20. The minimum absolute atomic E-state index is 0.0302. The second kappa shape index (κ2) is 5.12. The summed E-state index contributed by atoms with van der Waals surface area (Å²) in [7, 11) is 0. The first-order chi connectivity index (χ1) is 11.7. The van der Waals surface area contributed by atoms with Gasteiger partial charge >= 0.3 is 0 Å². The van der Waals surface area contributed by atoms with Crippen molar-refractivity contribution in [3.8, 4) is 0 Å². The monoisotopic (exact) mass is 336 g/mol. The van der Waals surface area contributed by atoms with E-state index in [4.69, 9.17) is 11.6 Å². The van der Waals surface area contributed by atoms with Gasteiger partial charge in [-0.1, -0.05) is 35.9 Å². The molecule has 0 radical (unpaired) electrons. The maximum absolute atomic E-state index is 12.7. The van der Waals surface area contributed by atoms with Gasteiger partial charge in [0.15, 0.2) is 0 Å². The highest BCUT2D eigenvalue weighted by molar-refractivity contribution is 6.31. The molecule has 3 unspecified atom stereocenters. The Kier molecular flexibility index (Phi) is 3.01. The Labute approximate surface area is 145 Å². The maximum atomic E-state index is 12.7. The second-order valence-electron chi connectivity index (χ2n) is 6.90. The third-order valence-electron chi connectivity index (χ3n) is 5.54. The van der Waals surface area contributed by atoms with Crippen molar-refractivity contribution in [3.63, 3.8) is 0 Å². The molecule has 0 saturated heterocycles. The lowest BCUT2D eigenvalue weighted by atomic mass is 9.88. The first-order valence-corrected chi connectivity index (χ1v) is 8.75. The van der Waals surface area contributed by atoms with Gasteiger partial charge in [0.1, 0.15) is 5.69 Å². The molecule has 2 aromatic carbocycles. The number of benzene rings is 2. The smallest absolute Gasteiger partial charge is 0.267 e. The van der Waals surface area contributed by atoms with Crippen molar-refractivity contribution >= 4 is 28.4 Å². The van der Waals surface area contributed by atoms with Crippen molar-refractivity contribution in [2.24, 2.45) is 0 Å². The predicted octanol–water partition coefficient (Wildman–Crippen LogP) is 4.59. The molecule has 3 nitrogen and oxygen atoms in total. The van der Waals surface area contributed by atoms with Gasteiger partial charge in [0.2, 0.25) is 0 Å². The number of aromatic nitrogens is 1. The fourth-order valence-electron chi connectivity index (χ4n) is 4.49. The molecule has 1 fully saturated rings. The standard InChI is InChI=1S/C20H17ClN2O/c21-13-5-6-17-12(7-13)10-19(22-17)20(24)23-18-9-11-8-16(18)15-4-2-1-3-14(11)15/h1-7,10-11,16,18,22H,8-9H2,(H,23,24). The van der Waals surface area contributed by atoms with Gasteiger partial charge in [0.05, 0.1) is 0 Å². The lowest BCUT2D eigenvalue weighted by molar-refractivity contribution is 0.0929. The van der Waals surface area contributed by atoms with Crippen molar-refractivity contribution in [2.75, 3.05) is 0 Å². The Morgan fingerprint density at radius 2 is 1.92 bits per heavy atom. The highest BCUT2D eigenvalue weighted by atomic mass is 35.5. The number of carbonyl (C=O) groups excluding carboxylic acids is 1. The molecule has 0 aliphatic heterocycles. The number of hydrogen-bond acceptors (Lipinski definition) is 1. The average Bonchev–Trinajstić information content (AvgIpc) is 3.27. The van der Waals surface area contributed by atoms with Gasteiger partial charge in [-0.25, -0.2) is 0 Å². The van der Waals surface area contributed by atoms with E-state index in [-0.39, 0.29) is 11.9 Å². The van der Waals surface area contributed by atoms with Crippen LogP contribution in [0.1, 0.15) is 46.3 Å². The first-order valence-electron chi connectivity index (χ1n) is 8.37. The zero-order valence-electron chi connectivity index (χ0n) is 13.1. The molecular weight excluding hydrogens is 320 g/mol. The van der Waals surface area contributed by atoms with E-state index in [0.29, 0.717) is 22.6 Å². The van der Waals surface area contributed by atoms with Gasteiger partial charge in [0.25, 0.3) is 5.91 Å². The third-order valence-corrected chi connectivity index (χ3v) is 5.78. The Hall–Kier alpha value is -2.26. The zero-order valence-corrected chi connectivity index (χ0v) is 13.8. The van der Waals surface area contributed by atoms with Gasteiger partial charge in [-0.15, -0.1) is 0 Å². The molecule has 120 valence electrons. The quantitative estimate of drug-likeness (QED) is 0.706. The summed E-state index contributed by atoms with van der Waals surface area (Å²) in [6, 6.07) is 16.4. The Morgan fingerprint density at radius 3 is 2.79 bits per heavy atom. The molecule has 0 spiro atoms. The molecule has 2 aliphatic rings. The lowest BCUT2D eigenvalue weighted by Gasteiger charge is -2.25. The fourth-order valence-corrected chi connectivity index (χ4v) is 4.67. The van der Waals surface area contributed by atoms with Crippen molar-refractivity contribution in [3.05, 3.63) is 70.4 Å². The number of nitrogens with one attached hydrogen (secondary N) is 2. The fraction of sp³-hybridized carbons (Fsp3) is 0.250. The third kappa shape index (κ3) is 2.08. The van der Waals surface area contributed by atoms with Crippen LogP contribution in [0.4, 0.5) is 0 Å². The zero-order chi connectivity index (χ0) is 16.3. The van der Waals surface area contributed by atoms with E-state index in [1.54, 1.807) is 0 Å². The van der Waals surface area contributed by atoms with E-state index in [1.807, 2.05) is 24.3 Å². The molecule has 1 amide bonds. The maximum Gasteiger partial charge on any atom is 0.267 e. The van der Waals surface area contributed by atoms with Crippen LogP contribution in [0.5, 0.6) is 0 Å². The van der Waals surface area contributed by atoms with Gasteiger partial charge in [-0.05, 0) is 54.2 Å². The minimum Gasteiger partial charge on any atom is -0.351 e. The number of rotatable bonds is 2. The molecule has 1 aromatic heterocycles. The normalized spacial score (nSPS) is 24.3. The Morgan fingerprint density at radius 1 is 1.08 bits per heavy atom. The van der Waals surface area contributed by atoms with Crippen LogP contribution in [-0.4, -0.2) is 16.9 Å². The molecule has 3 aromatic rings. The Balaban J connectivity index is 1.39. The van der Waals surface area contributed by atoms with Crippen molar-refractivity contribution in [1.82, 2.24) is 10.3 Å². The number of amides is 1. The number of halogens is 1. The van der Waals surface area contributed by atoms with E-state index in [1.165, 1.54) is 11.1 Å². The van der Waals surface area contributed by atoms with E-state index in [9.17, 15) is 4.79 Å². The van der Waals surface area contributed by atoms with Gasteiger partial charge in [-0.2, -0.15) is 0 Å². The number of aromatic amines is 1. The molecule has 1 saturated carbocycles.